The molecule has 0 fully saturated rings. The van der Waals surface area contributed by atoms with Gasteiger partial charge in [-0.2, -0.15) is 0 Å². The molecule has 0 aliphatic heterocycles. The second-order valence-electron chi connectivity index (χ2n) is 4.75. The molecule has 1 unspecified atom stereocenters. The number of anilines is 1. The molecule has 0 aliphatic carbocycles. The van der Waals surface area contributed by atoms with Gasteiger partial charge in [-0.15, -0.1) is 0 Å². The molecule has 1 rings (SSSR count). The largest absolute Gasteiger partial charge is 0.358 e. The van der Waals surface area contributed by atoms with Gasteiger partial charge in [0, 0.05) is 18.5 Å². The van der Waals surface area contributed by atoms with E-state index in [2.05, 4.69) is 20.6 Å². The number of hydrogen-bond donors (Lipinski definition) is 2. The molecule has 6 heteroatoms. The summed E-state index contributed by atoms with van der Waals surface area (Å²) >= 11 is 5.95. The number of rotatable bonds is 6. The highest BCUT2D eigenvalue weighted by molar-refractivity contribution is 6.29. The lowest BCUT2D eigenvalue weighted by Crippen LogP contribution is -2.38. The van der Waals surface area contributed by atoms with Crippen LogP contribution >= 0.6 is 11.6 Å². The molecule has 0 saturated carbocycles. The van der Waals surface area contributed by atoms with E-state index >= 15 is 0 Å². The van der Waals surface area contributed by atoms with Crippen LogP contribution in [0.25, 0.3) is 0 Å². The Bertz CT molecular complexity index is 437. The average Bonchev–Trinajstić information content (AvgIpc) is 2.34. The molecule has 0 aliphatic rings. The molecule has 0 bridgehead atoms. The molecule has 0 radical (unpaired) electrons. The zero-order chi connectivity index (χ0) is 14.4. The molecule has 2 N–H and O–H groups in total. The lowest BCUT2D eigenvalue weighted by Gasteiger charge is -2.15. The second kappa shape index (κ2) is 7.28. The van der Waals surface area contributed by atoms with Gasteiger partial charge in [-0.3, -0.25) is 4.79 Å². The fraction of sp³-hybridized carbons (Fsp3) is 0.615. The van der Waals surface area contributed by atoms with Gasteiger partial charge in [0.2, 0.25) is 5.91 Å². The van der Waals surface area contributed by atoms with E-state index < -0.39 is 0 Å². The highest BCUT2D eigenvalue weighted by Gasteiger charge is 2.14. The van der Waals surface area contributed by atoms with Gasteiger partial charge in [-0.25, -0.2) is 9.97 Å². The van der Waals surface area contributed by atoms with Crippen molar-refractivity contribution in [2.75, 3.05) is 11.9 Å². The number of nitrogens with zero attached hydrogens (tertiary/aromatic N) is 2. The number of halogens is 1. The van der Waals surface area contributed by atoms with Gasteiger partial charge in [0.05, 0.1) is 0 Å². The van der Waals surface area contributed by atoms with E-state index in [-0.39, 0.29) is 17.9 Å². The highest BCUT2D eigenvalue weighted by Crippen LogP contribution is 2.17. The van der Waals surface area contributed by atoms with Gasteiger partial charge >= 0.3 is 0 Å². The van der Waals surface area contributed by atoms with Crippen molar-refractivity contribution in [2.45, 2.75) is 46.1 Å². The molecule has 0 aromatic carbocycles. The molecular formula is C13H21ClN4O. The number of hydrogen-bond acceptors (Lipinski definition) is 4. The van der Waals surface area contributed by atoms with Crippen molar-refractivity contribution in [1.82, 2.24) is 15.3 Å². The summed E-state index contributed by atoms with van der Waals surface area (Å²) in [6, 6.07) is 1.26. The molecule has 0 saturated heterocycles. The first-order chi connectivity index (χ1) is 8.93. The summed E-state index contributed by atoms with van der Waals surface area (Å²) in [7, 11) is 0. The Hall–Kier alpha value is -1.36. The van der Waals surface area contributed by atoms with Crippen LogP contribution in [0.15, 0.2) is 6.07 Å². The van der Waals surface area contributed by atoms with Gasteiger partial charge in [0.15, 0.2) is 0 Å². The maximum Gasteiger partial charge on any atom is 0.242 e. The van der Waals surface area contributed by atoms with Crippen LogP contribution in [0.2, 0.25) is 5.15 Å². The smallest absolute Gasteiger partial charge is 0.242 e. The van der Waals surface area contributed by atoms with Crippen LogP contribution in [0.1, 0.15) is 45.9 Å². The monoisotopic (exact) mass is 284 g/mol. The highest BCUT2D eigenvalue weighted by atomic mass is 35.5. The van der Waals surface area contributed by atoms with Gasteiger partial charge in [-0.05, 0) is 13.3 Å². The summed E-state index contributed by atoms with van der Waals surface area (Å²) in [4.78, 5) is 20.3. The normalized spacial score (nSPS) is 12.3. The predicted molar refractivity (Wildman–Crippen MR) is 77.5 cm³/mol. The fourth-order valence-electron chi connectivity index (χ4n) is 1.46. The van der Waals surface area contributed by atoms with Gasteiger partial charge in [-0.1, -0.05) is 32.4 Å². The summed E-state index contributed by atoms with van der Waals surface area (Å²) < 4.78 is 0. The minimum Gasteiger partial charge on any atom is -0.358 e. The maximum absolute atomic E-state index is 11.8. The summed E-state index contributed by atoms with van der Waals surface area (Å²) in [6.45, 7) is 8.46. The van der Waals surface area contributed by atoms with Crippen molar-refractivity contribution < 1.29 is 4.79 Å². The van der Waals surface area contributed by atoms with E-state index in [0.29, 0.717) is 23.3 Å². The molecular weight excluding hydrogens is 264 g/mol. The van der Waals surface area contributed by atoms with Gasteiger partial charge < -0.3 is 10.6 Å². The van der Waals surface area contributed by atoms with Crippen LogP contribution in [0, 0.1) is 0 Å². The van der Waals surface area contributed by atoms with Crippen molar-refractivity contribution in [2.24, 2.45) is 0 Å². The quantitative estimate of drug-likeness (QED) is 0.788. The topological polar surface area (TPSA) is 66.9 Å². The molecule has 106 valence electrons. The van der Waals surface area contributed by atoms with E-state index in [1.165, 1.54) is 0 Å². The summed E-state index contributed by atoms with van der Waals surface area (Å²) in [5.41, 5.74) is 0. The number of carbonyl (C=O) groups excluding carboxylic acids is 1. The summed E-state index contributed by atoms with van der Waals surface area (Å²) in [5.74, 6) is 1.37. The van der Waals surface area contributed by atoms with Crippen molar-refractivity contribution in [3.05, 3.63) is 17.0 Å². The minimum atomic E-state index is -0.363. The lowest BCUT2D eigenvalue weighted by molar-refractivity contribution is -0.121. The number of carbonyl (C=O) groups is 1. The second-order valence-corrected chi connectivity index (χ2v) is 5.13. The zero-order valence-corrected chi connectivity index (χ0v) is 12.6. The van der Waals surface area contributed by atoms with Crippen LogP contribution in [-0.4, -0.2) is 28.5 Å². The third-order valence-corrected chi connectivity index (χ3v) is 2.73. The SMILES string of the molecule is CCCNC(=O)C(C)Nc1cc(Cl)nc(C(C)C)n1. The molecule has 5 nitrogen and oxygen atoms in total. The van der Waals surface area contributed by atoms with Crippen LogP contribution < -0.4 is 10.6 Å². The third kappa shape index (κ3) is 5.03. The number of aromatic nitrogens is 2. The third-order valence-electron chi connectivity index (χ3n) is 2.54. The average molecular weight is 285 g/mol. The molecule has 1 atom stereocenters. The number of nitrogens with one attached hydrogen (secondary N) is 2. The van der Waals surface area contributed by atoms with Gasteiger partial charge in [0.25, 0.3) is 0 Å². The molecule has 1 amide bonds. The Morgan fingerprint density at radius 1 is 1.37 bits per heavy atom. The Balaban J connectivity index is 2.73. The van der Waals surface area contributed by atoms with E-state index in [1.54, 1.807) is 13.0 Å². The van der Waals surface area contributed by atoms with Crippen molar-refractivity contribution in [1.29, 1.82) is 0 Å². The van der Waals surface area contributed by atoms with E-state index in [1.807, 2.05) is 20.8 Å². The number of amides is 1. The van der Waals surface area contributed by atoms with Crippen LogP contribution in [0.4, 0.5) is 5.82 Å². The van der Waals surface area contributed by atoms with Crippen molar-refractivity contribution >= 4 is 23.3 Å². The molecule has 1 aromatic heterocycles. The first-order valence-corrected chi connectivity index (χ1v) is 6.90. The van der Waals surface area contributed by atoms with Crippen LogP contribution in [-0.2, 0) is 4.79 Å². The van der Waals surface area contributed by atoms with Gasteiger partial charge in [0.1, 0.15) is 22.8 Å². The van der Waals surface area contributed by atoms with E-state index in [0.717, 1.165) is 6.42 Å². The molecule has 0 spiro atoms. The first-order valence-electron chi connectivity index (χ1n) is 6.52. The summed E-state index contributed by atoms with van der Waals surface area (Å²) in [5, 5.41) is 6.24. The van der Waals surface area contributed by atoms with E-state index in [4.69, 9.17) is 11.6 Å². The lowest BCUT2D eigenvalue weighted by atomic mass is 10.2. The Labute approximate surface area is 119 Å². The van der Waals surface area contributed by atoms with E-state index in [9.17, 15) is 4.79 Å². The molecule has 1 heterocycles. The standard InChI is InChI=1S/C13H21ClN4O/c1-5-6-15-13(19)9(4)16-11-7-10(14)17-12(18-11)8(2)3/h7-9H,5-6H2,1-4H3,(H,15,19)(H,16,17,18). The van der Waals surface area contributed by atoms with Crippen molar-refractivity contribution in [3.8, 4) is 0 Å². The Morgan fingerprint density at radius 3 is 2.63 bits per heavy atom. The summed E-state index contributed by atoms with van der Waals surface area (Å²) in [6.07, 6.45) is 0.912. The Kier molecular flexibility index (Phi) is 6.02. The van der Waals surface area contributed by atoms with Crippen molar-refractivity contribution in [3.63, 3.8) is 0 Å². The first kappa shape index (κ1) is 15.7. The maximum atomic E-state index is 11.8. The zero-order valence-electron chi connectivity index (χ0n) is 11.8. The van der Waals surface area contributed by atoms with Crippen LogP contribution in [0.3, 0.4) is 0 Å². The van der Waals surface area contributed by atoms with Crippen LogP contribution in [0.5, 0.6) is 0 Å². The minimum absolute atomic E-state index is 0.0531. The predicted octanol–water partition coefficient (Wildman–Crippen LogP) is 2.58. The molecule has 1 aromatic rings. The fourth-order valence-corrected chi connectivity index (χ4v) is 1.65. The molecule has 19 heavy (non-hydrogen) atoms. The Morgan fingerprint density at radius 2 is 2.05 bits per heavy atom.